The average molecular weight is 232 g/mol. The van der Waals surface area contributed by atoms with Crippen molar-refractivity contribution in [2.24, 2.45) is 0 Å². The number of fused-ring (bicyclic) bond motifs is 1. The SMILES string of the molecule is CC.CC.FC1(F)OC2=CC=CCC=C2O1. The van der Waals surface area contributed by atoms with Crippen LogP contribution in [0.25, 0.3) is 0 Å². The number of allylic oxidation sites excluding steroid dienone is 4. The van der Waals surface area contributed by atoms with Gasteiger partial charge in [0.05, 0.1) is 0 Å². The van der Waals surface area contributed by atoms with Gasteiger partial charge in [0.25, 0.3) is 0 Å². The lowest BCUT2D eigenvalue weighted by molar-refractivity contribution is -0.326. The van der Waals surface area contributed by atoms with E-state index in [0.717, 1.165) is 0 Å². The van der Waals surface area contributed by atoms with Crippen LogP contribution in [-0.2, 0) is 9.47 Å². The third kappa shape index (κ3) is 4.04. The van der Waals surface area contributed by atoms with E-state index in [4.69, 9.17) is 0 Å². The number of ether oxygens (including phenoxy) is 2. The first-order chi connectivity index (χ1) is 7.67. The summed E-state index contributed by atoms with van der Waals surface area (Å²) in [6.07, 6.45) is 3.57. The lowest BCUT2D eigenvalue weighted by atomic mass is 10.3. The highest BCUT2D eigenvalue weighted by Crippen LogP contribution is 2.37. The Balaban J connectivity index is 0.000000509. The van der Waals surface area contributed by atoms with Crippen molar-refractivity contribution < 1.29 is 18.3 Å². The van der Waals surface area contributed by atoms with Crippen LogP contribution in [0.1, 0.15) is 34.1 Å². The molecule has 92 valence electrons. The Bertz CT molecular complexity index is 291. The Morgan fingerprint density at radius 3 is 2.25 bits per heavy atom. The molecule has 4 heteroatoms. The molecule has 1 saturated heterocycles. The maximum absolute atomic E-state index is 12.4. The highest BCUT2D eigenvalue weighted by atomic mass is 19.3. The maximum atomic E-state index is 12.4. The number of hydrogen-bond acceptors (Lipinski definition) is 2. The molecular formula is C12H18F2O2. The molecule has 0 atom stereocenters. The van der Waals surface area contributed by atoms with Crippen molar-refractivity contribution in [2.75, 3.05) is 0 Å². The van der Waals surface area contributed by atoms with E-state index in [1.807, 2.05) is 33.8 Å². The minimum absolute atomic E-state index is 0.0914. The van der Waals surface area contributed by atoms with Gasteiger partial charge in [0.15, 0.2) is 11.5 Å². The molecule has 0 spiro atoms. The van der Waals surface area contributed by atoms with Crippen LogP contribution < -0.4 is 0 Å². The molecule has 0 bridgehead atoms. The lowest BCUT2D eigenvalue weighted by Gasteiger charge is -2.03. The lowest BCUT2D eigenvalue weighted by Crippen LogP contribution is -2.14. The van der Waals surface area contributed by atoms with E-state index in [0.29, 0.717) is 6.42 Å². The zero-order valence-corrected chi connectivity index (χ0v) is 10.1. The summed E-state index contributed by atoms with van der Waals surface area (Å²) in [4.78, 5) is 0. The zero-order chi connectivity index (χ0) is 12.6. The van der Waals surface area contributed by atoms with Crippen molar-refractivity contribution >= 4 is 0 Å². The summed E-state index contributed by atoms with van der Waals surface area (Å²) in [7, 11) is 0. The summed E-state index contributed by atoms with van der Waals surface area (Å²) in [6.45, 7) is 8.00. The van der Waals surface area contributed by atoms with Gasteiger partial charge >= 0.3 is 6.29 Å². The summed E-state index contributed by atoms with van der Waals surface area (Å²) in [5.74, 6) is 0.207. The van der Waals surface area contributed by atoms with E-state index in [1.54, 1.807) is 12.2 Å². The molecule has 2 rings (SSSR count). The molecular weight excluding hydrogens is 214 g/mol. The third-order valence-electron chi connectivity index (χ3n) is 1.52. The van der Waals surface area contributed by atoms with Gasteiger partial charge in [-0.2, -0.15) is 0 Å². The Hall–Kier alpha value is -1.32. The summed E-state index contributed by atoms with van der Waals surface area (Å²) >= 11 is 0. The fraction of sp³-hybridized carbons (Fsp3) is 0.500. The van der Waals surface area contributed by atoms with Gasteiger partial charge in [-0.1, -0.05) is 39.8 Å². The molecule has 0 N–H and O–H groups in total. The van der Waals surface area contributed by atoms with Crippen molar-refractivity contribution in [1.29, 1.82) is 0 Å². The first kappa shape index (κ1) is 14.7. The van der Waals surface area contributed by atoms with Crippen molar-refractivity contribution in [1.82, 2.24) is 0 Å². The zero-order valence-electron chi connectivity index (χ0n) is 10.1. The normalized spacial score (nSPS) is 19.1. The fourth-order valence-corrected chi connectivity index (χ4v) is 1.04. The Morgan fingerprint density at radius 1 is 1.06 bits per heavy atom. The second-order valence-corrected chi connectivity index (χ2v) is 2.43. The molecule has 1 heterocycles. The number of rotatable bonds is 0. The van der Waals surface area contributed by atoms with E-state index >= 15 is 0 Å². The molecule has 2 nitrogen and oxygen atoms in total. The minimum Gasteiger partial charge on any atom is -0.396 e. The smallest absolute Gasteiger partial charge is 0.396 e. The third-order valence-corrected chi connectivity index (χ3v) is 1.52. The highest BCUT2D eigenvalue weighted by Gasteiger charge is 2.45. The van der Waals surface area contributed by atoms with E-state index in [-0.39, 0.29) is 11.5 Å². The molecule has 0 aromatic carbocycles. The van der Waals surface area contributed by atoms with E-state index < -0.39 is 6.29 Å². The van der Waals surface area contributed by atoms with Crippen LogP contribution in [0.4, 0.5) is 8.78 Å². The standard InChI is InChI=1S/C8H6F2O2.2C2H6/c9-8(10)11-6-4-2-1-3-5-7(6)12-8;2*1-2/h1-2,4-5H,3H2;2*1-2H3. The van der Waals surface area contributed by atoms with Gasteiger partial charge in [0.1, 0.15) is 0 Å². The van der Waals surface area contributed by atoms with Crippen molar-refractivity contribution in [2.45, 2.75) is 40.4 Å². The molecule has 0 radical (unpaired) electrons. The van der Waals surface area contributed by atoms with Gasteiger partial charge in [0.2, 0.25) is 0 Å². The molecule has 0 saturated carbocycles. The second kappa shape index (κ2) is 7.04. The van der Waals surface area contributed by atoms with E-state index in [1.165, 1.54) is 6.08 Å². The fourth-order valence-electron chi connectivity index (χ4n) is 1.04. The van der Waals surface area contributed by atoms with Gasteiger partial charge in [-0.15, -0.1) is 8.78 Å². The molecule has 1 aliphatic heterocycles. The number of alkyl halides is 2. The predicted molar refractivity (Wildman–Crippen MR) is 59.7 cm³/mol. The molecule has 1 aliphatic carbocycles. The molecule has 16 heavy (non-hydrogen) atoms. The summed E-state index contributed by atoms with van der Waals surface area (Å²) in [6, 6.07) is 0. The topological polar surface area (TPSA) is 18.5 Å². The molecule has 0 unspecified atom stereocenters. The second-order valence-electron chi connectivity index (χ2n) is 2.43. The molecule has 0 aromatic heterocycles. The van der Waals surface area contributed by atoms with Crippen LogP contribution in [-0.4, -0.2) is 6.29 Å². The van der Waals surface area contributed by atoms with E-state index in [9.17, 15) is 8.78 Å². The van der Waals surface area contributed by atoms with Crippen molar-refractivity contribution in [3.63, 3.8) is 0 Å². The largest absolute Gasteiger partial charge is 0.586 e. The first-order valence-electron chi connectivity index (χ1n) is 5.50. The highest BCUT2D eigenvalue weighted by molar-refractivity contribution is 5.30. The Labute approximate surface area is 95.2 Å². The van der Waals surface area contributed by atoms with Crippen LogP contribution in [0, 0.1) is 0 Å². The summed E-state index contributed by atoms with van der Waals surface area (Å²) in [5.41, 5.74) is 0. The van der Waals surface area contributed by atoms with Crippen LogP contribution in [0.15, 0.2) is 35.8 Å². The number of hydrogen-bond donors (Lipinski definition) is 0. The van der Waals surface area contributed by atoms with Gasteiger partial charge in [-0.05, 0) is 18.6 Å². The predicted octanol–water partition coefficient (Wildman–Crippen LogP) is 4.36. The van der Waals surface area contributed by atoms with Gasteiger partial charge in [-0.25, -0.2) is 0 Å². The van der Waals surface area contributed by atoms with Crippen molar-refractivity contribution in [3.05, 3.63) is 35.8 Å². The summed E-state index contributed by atoms with van der Waals surface area (Å²) < 4.78 is 33.3. The molecule has 0 amide bonds. The van der Waals surface area contributed by atoms with Gasteiger partial charge in [0, 0.05) is 0 Å². The molecule has 0 aromatic rings. The minimum atomic E-state index is -3.50. The quantitative estimate of drug-likeness (QED) is 0.617. The first-order valence-corrected chi connectivity index (χ1v) is 5.50. The number of halogens is 2. The Kier molecular flexibility index (Phi) is 6.46. The molecule has 2 aliphatic rings. The van der Waals surface area contributed by atoms with Crippen LogP contribution >= 0.6 is 0 Å². The Morgan fingerprint density at radius 2 is 1.62 bits per heavy atom. The van der Waals surface area contributed by atoms with Gasteiger partial charge in [-0.3, -0.25) is 0 Å². The molecule has 1 fully saturated rings. The van der Waals surface area contributed by atoms with Crippen LogP contribution in [0.3, 0.4) is 0 Å². The average Bonchev–Trinajstić information content (AvgIpc) is 2.45. The maximum Gasteiger partial charge on any atom is 0.586 e. The van der Waals surface area contributed by atoms with Crippen molar-refractivity contribution in [3.8, 4) is 0 Å². The van der Waals surface area contributed by atoms with Crippen LogP contribution in [0.2, 0.25) is 0 Å². The van der Waals surface area contributed by atoms with E-state index in [2.05, 4.69) is 9.47 Å². The monoisotopic (exact) mass is 232 g/mol. The van der Waals surface area contributed by atoms with Crippen LogP contribution in [0.5, 0.6) is 0 Å². The summed E-state index contributed by atoms with van der Waals surface area (Å²) in [5, 5.41) is 0. The van der Waals surface area contributed by atoms with Gasteiger partial charge < -0.3 is 9.47 Å².